The largest absolute Gasteiger partial charge is 0.492 e. The summed E-state index contributed by atoms with van der Waals surface area (Å²) in [4.78, 5) is 16.0. The van der Waals surface area contributed by atoms with Gasteiger partial charge in [0.1, 0.15) is 24.6 Å². The van der Waals surface area contributed by atoms with Crippen LogP contribution < -0.4 is 10.1 Å². The number of hydrogen-bond acceptors (Lipinski definition) is 7. The molecule has 2 saturated heterocycles. The van der Waals surface area contributed by atoms with Crippen LogP contribution in [-0.4, -0.2) is 97.2 Å². The quantitative estimate of drug-likeness (QED) is 0.498. The van der Waals surface area contributed by atoms with Gasteiger partial charge in [-0.05, 0) is 43.6 Å². The minimum Gasteiger partial charge on any atom is -0.492 e. The smallest absolute Gasteiger partial charge is 0.246 e. The van der Waals surface area contributed by atoms with Crippen LogP contribution in [-0.2, 0) is 16.1 Å². The summed E-state index contributed by atoms with van der Waals surface area (Å²) in [5.41, 5.74) is -0.309. The van der Waals surface area contributed by atoms with Gasteiger partial charge in [-0.3, -0.25) is 14.6 Å². The van der Waals surface area contributed by atoms with Crippen LogP contribution in [0.4, 0.5) is 0 Å². The molecule has 30 heavy (non-hydrogen) atoms. The van der Waals surface area contributed by atoms with E-state index in [1.54, 1.807) is 0 Å². The van der Waals surface area contributed by atoms with Crippen molar-refractivity contribution in [2.24, 2.45) is 0 Å². The molecule has 0 bridgehead atoms. The lowest BCUT2D eigenvalue weighted by Crippen LogP contribution is -2.51. The molecule has 0 saturated carbocycles. The van der Waals surface area contributed by atoms with Crippen LogP contribution in [0.5, 0.6) is 5.75 Å². The van der Waals surface area contributed by atoms with E-state index in [0.717, 1.165) is 30.9 Å². The second kappa shape index (κ2) is 11.1. The van der Waals surface area contributed by atoms with Crippen LogP contribution >= 0.6 is 0 Å². The molecule has 1 amide bonds. The number of aliphatic hydroxyl groups excluding tert-OH is 1. The number of benzene rings is 1. The number of likely N-dealkylation sites (tertiary alicyclic amines) is 2. The van der Waals surface area contributed by atoms with E-state index in [0.29, 0.717) is 19.7 Å². The fourth-order valence-corrected chi connectivity index (χ4v) is 4.17. The van der Waals surface area contributed by atoms with Crippen molar-refractivity contribution >= 4 is 5.91 Å². The predicted molar refractivity (Wildman–Crippen MR) is 113 cm³/mol. The SMILES string of the molecule is COCC(=O)NC[C@]1(O)CN(Cc2cccc(OCCN3CCCCC3)c2)C[C@H]1O. The highest BCUT2D eigenvalue weighted by Crippen LogP contribution is 2.24. The zero-order valence-corrected chi connectivity index (χ0v) is 17.9. The summed E-state index contributed by atoms with van der Waals surface area (Å²) < 4.78 is 10.7. The topological polar surface area (TPSA) is 94.5 Å². The molecule has 0 spiro atoms. The Kier molecular flexibility index (Phi) is 8.47. The van der Waals surface area contributed by atoms with Gasteiger partial charge in [0.25, 0.3) is 0 Å². The molecule has 0 aliphatic carbocycles. The molecular formula is C22H35N3O5. The van der Waals surface area contributed by atoms with Crippen LogP contribution in [0.15, 0.2) is 24.3 Å². The van der Waals surface area contributed by atoms with E-state index in [1.807, 2.05) is 29.2 Å². The van der Waals surface area contributed by atoms with E-state index in [4.69, 9.17) is 9.47 Å². The molecule has 2 heterocycles. The summed E-state index contributed by atoms with van der Waals surface area (Å²) in [6.07, 6.45) is 2.96. The fraction of sp³-hybridized carbons (Fsp3) is 0.682. The Bertz CT molecular complexity index is 682. The number of amides is 1. The maximum atomic E-state index is 11.6. The fourth-order valence-electron chi connectivity index (χ4n) is 4.17. The molecule has 1 aromatic carbocycles. The average Bonchev–Trinajstić information content (AvgIpc) is 3.01. The molecule has 2 aliphatic heterocycles. The lowest BCUT2D eigenvalue weighted by atomic mass is 10.0. The molecule has 2 aliphatic rings. The highest BCUT2D eigenvalue weighted by molar-refractivity contribution is 5.77. The number of β-amino-alcohol motifs (C(OH)–C–C–N with tert-alkyl or cyclic N) is 2. The van der Waals surface area contributed by atoms with Gasteiger partial charge < -0.3 is 25.0 Å². The van der Waals surface area contributed by atoms with Crippen molar-refractivity contribution in [2.45, 2.75) is 37.5 Å². The van der Waals surface area contributed by atoms with E-state index < -0.39 is 11.7 Å². The number of rotatable bonds is 10. The van der Waals surface area contributed by atoms with Gasteiger partial charge in [-0.1, -0.05) is 18.6 Å². The molecule has 8 nitrogen and oxygen atoms in total. The number of nitrogens with zero attached hydrogens (tertiary/aromatic N) is 2. The van der Waals surface area contributed by atoms with E-state index in [2.05, 4.69) is 10.2 Å². The zero-order valence-electron chi connectivity index (χ0n) is 17.9. The van der Waals surface area contributed by atoms with Gasteiger partial charge in [-0.2, -0.15) is 0 Å². The first-order valence-electron chi connectivity index (χ1n) is 10.8. The average molecular weight is 422 g/mol. The molecule has 2 fully saturated rings. The maximum absolute atomic E-state index is 11.6. The van der Waals surface area contributed by atoms with Crippen LogP contribution in [0.3, 0.4) is 0 Å². The lowest BCUT2D eigenvalue weighted by molar-refractivity contribution is -0.126. The molecule has 1 aromatic rings. The van der Waals surface area contributed by atoms with Crippen molar-refractivity contribution < 1.29 is 24.5 Å². The summed E-state index contributed by atoms with van der Waals surface area (Å²) in [6, 6.07) is 7.96. The minimum absolute atomic E-state index is 0.00743. The third kappa shape index (κ3) is 6.65. The number of piperidine rings is 1. The molecular weight excluding hydrogens is 386 g/mol. The monoisotopic (exact) mass is 421 g/mol. The van der Waals surface area contributed by atoms with Gasteiger partial charge in [0.2, 0.25) is 5.91 Å². The normalized spacial score (nSPS) is 25.4. The Morgan fingerprint density at radius 2 is 2.07 bits per heavy atom. The second-order valence-corrected chi connectivity index (χ2v) is 8.40. The van der Waals surface area contributed by atoms with Crippen molar-refractivity contribution in [2.75, 3.05) is 59.6 Å². The number of aliphatic hydroxyl groups is 2. The number of hydrogen-bond donors (Lipinski definition) is 3. The Labute approximate surface area is 178 Å². The molecule has 0 radical (unpaired) electrons. The van der Waals surface area contributed by atoms with Crippen LogP contribution in [0.1, 0.15) is 24.8 Å². The predicted octanol–water partition coefficient (Wildman–Crippen LogP) is 0.222. The number of nitrogens with one attached hydrogen (secondary N) is 1. The molecule has 0 unspecified atom stereocenters. The Morgan fingerprint density at radius 3 is 2.83 bits per heavy atom. The number of methoxy groups -OCH3 is 1. The first-order chi connectivity index (χ1) is 14.5. The summed E-state index contributed by atoms with van der Waals surface area (Å²) in [6.45, 7) is 5.09. The van der Waals surface area contributed by atoms with Crippen LogP contribution in [0.2, 0.25) is 0 Å². The third-order valence-electron chi connectivity index (χ3n) is 5.85. The Balaban J connectivity index is 1.46. The molecule has 168 valence electrons. The molecule has 3 N–H and O–H groups in total. The van der Waals surface area contributed by atoms with Gasteiger partial charge >= 0.3 is 0 Å². The summed E-state index contributed by atoms with van der Waals surface area (Å²) in [5, 5.41) is 23.7. The molecule has 0 aromatic heterocycles. The summed E-state index contributed by atoms with van der Waals surface area (Å²) >= 11 is 0. The minimum atomic E-state index is -1.37. The Morgan fingerprint density at radius 1 is 1.27 bits per heavy atom. The maximum Gasteiger partial charge on any atom is 0.246 e. The highest BCUT2D eigenvalue weighted by atomic mass is 16.5. The van der Waals surface area contributed by atoms with Gasteiger partial charge in [-0.25, -0.2) is 0 Å². The van der Waals surface area contributed by atoms with Crippen molar-refractivity contribution in [3.63, 3.8) is 0 Å². The summed E-state index contributed by atoms with van der Waals surface area (Å²) in [7, 11) is 1.44. The lowest BCUT2D eigenvalue weighted by Gasteiger charge is -2.26. The van der Waals surface area contributed by atoms with Crippen molar-refractivity contribution in [1.82, 2.24) is 15.1 Å². The Hall–Kier alpha value is -1.71. The van der Waals surface area contributed by atoms with E-state index in [-0.39, 0.29) is 25.6 Å². The van der Waals surface area contributed by atoms with Crippen molar-refractivity contribution in [3.05, 3.63) is 29.8 Å². The highest BCUT2D eigenvalue weighted by Gasteiger charge is 2.44. The summed E-state index contributed by atoms with van der Waals surface area (Å²) in [5.74, 6) is 0.525. The standard InChI is InChI=1S/C22H35N3O5/c1-29-15-21(27)23-16-22(28)17-25(14-20(22)26)13-18-6-5-7-19(12-18)30-11-10-24-8-3-2-4-9-24/h5-7,12,20,26,28H,2-4,8-11,13-17H2,1H3,(H,23,27)/t20-,22+/m1/s1. The van der Waals surface area contributed by atoms with E-state index >= 15 is 0 Å². The number of carbonyl (C=O) groups excluding carboxylic acids is 1. The zero-order chi connectivity index (χ0) is 21.4. The first-order valence-corrected chi connectivity index (χ1v) is 10.8. The molecule has 2 atom stereocenters. The van der Waals surface area contributed by atoms with Gasteiger partial charge in [0, 0.05) is 33.3 Å². The van der Waals surface area contributed by atoms with Gasteiger partial charge in [0.15, 0.2) is 0 Å². The third-order valence-corrected chi connectivity index (χ3v) is 5.85. The number of ether oxygens (including phenoxy) is 2. The van der Waals surface area contributed by atoms with E-state index in [1.165, 1.54) is 26.4 Å². The molecule has 3 rings (SSSR count). The van der Waals surface area contributed by atoms with Gasteiger partial charge in [-0.15, -0.1) is 0 Å². The van der Waals surface area contributed by atoms with Gasteiger partial charge in [0.05, 0.1) is 12.6 Å². The second-order valence-electron chi connectivity index (χ2n) is 8.40. The number of carbonyl (C=O) groups is 1. The van der Waals surface area contributed by atoms with E-state index in [9.17, 15) is 15.0 Å². The molecule has 8 heteroatoms. The van der Waals surface area contributed by atoms with Crippen molar-refractivity contribution in [1.29, 1.82) is 0 Å². The first kappa shape index (κ1) is 23.0. The van der Waals surface area contributed by atoms with Crippen LogP contribution in [0.25, 0.3) is 0 Å². The van der Waals surface area contributed by atoms with Crippen molar-refractivity contribution in [3.8, 4) is 5.75 Å². The van der Waals surface area contributed by atoms with Crippen LogP contribution in [0, 0.1) is 0 Å².